The van der Waals surface area contributed by atoms with Crippen molar-refractivity contribution in [2.75, 3.05) is 20.2 Å². The molecule has 6 heteroatoms. The van der Waals surface area contributed by atoms with E-state index < -0.39 is 6.10 Å². The SMILES string of the molecule is COc1ccc(CC(=O)N2C[C@H]3C[C@@H](Oc4ccc(F)cc4)[C@H](O)C[C@H]3C2)cc1. The number of benzene rings is 2. The maximum atomic E-state index is 13.1. The number of likely N-dealkylation sites (tertiary alicyclic amines) is 1. The van der Waals surface area contributed by atoms with Gasteiger partial charge in [-0.1, -0.05) is 12.1 Å². The van der Waals surface area contributed by atoms with Crippen LogP contribution in [0.1, 0.15) is 18.4 Å². The molecular weight excluding hydrogens is 373 g/mol. The zero-order valence-electron chi connectivity index (χ0n) is 16.5. The Morgan fingerprint density at radius 2 is 1.66 bits per heavy atom. The molecule has 2 aromatic carbocycles. The highest BCUT2D eigenvalue weighted by molar-refractivity contribution is 5.79. The van der Waals surface area contributed by atoms with Gasteiger partial charge in [-0.05, 0) is 66.6 Å². The lowest BCUT2D eigenvalue weighted by molar-refractivity contribution is -0.129. The summed E-state index contributed by atoms with van der Waals surface area (Å²) in [5.41, 5.74) is 0.961. The van der Waals surface area contributed by atoms with Crippen LogP contribution in [0.25, 0.3) is 0 Å². The van der Waals surface area contributed by atoms with Crippen molar-refractivity contribution in [3.63, 3.8) is 0 Å². The molecule has 1 aliphatic carbocycles. The Labute approximate surface area is 170 Å². The first-order valence-corrected chi connectivity index (χ1v) is 10.0. The minimum atomic E-state index is -0.585. The molecule has 2 fully saturated rings. The van der Waals surface area contributed by atoms with E-state index in [-0.39, 0.29) is 23.7 Å². The highest BCUT2D eigenvalue weighted by Gasteiger charge is 2.43. The van der Waals surface area contributed by atoms with Crippen molar-refractivity contribution < 1.29 is 23.8 Å². The van der Waals surface area contributed by atoms with Crippen LogP contribution >= 0.6 is 0 Å². The van der Waals surface area contributed by atoms with Gasteiger partial charge in [-0.15, -0.1) is 0 Å². The molecule has 0 radical (unpaired) electrons. The van der Waals surface area contributed by atoms with Gasteiger partial charge in [0.05, 0.1) is 19.6 Å². The molecule has 4 rings (SSSR count). The Morgan fingerprint density at radius 3 is 2.31 bits per heavy atom. The zero-order chi connectivity index (χ0) is 20.4. The van der Waals surface area contributed by atoms with Crippen LogP contribution in [0.5, 0.6) is 11.5 Å². The number of hydrogen-bond donors (Lipinski definition) is 1. The molecule has 1 aliphatic heterocycles. The Kier molecular flexibility index (Phi) is 5.72. The first-order chi connectivity index (χ1) is 14.0. The number of amides is 1. The molecule has 1 amide bonds. The van der Waals surface area contributed by atoms with E-state index in [0.29, 0.717) is 44.0 Å². The second-order valence-electron chi connectivity index (χ2n) is 7.99. The van der Waals surface area contributed by atoms with Crippen molar-refractivity contribution in [1.82, 2.24) is 4.90 Å². The number of carbonyl (C=O) groups excluding carboxylic acids is 1. The van der Waals surface area contributed by atoms with Crippen molar-refractivity contribution in [2.24, 2.45) is 11.8 Å². The molecule has 29 heavy (non-hydrogen) atoms. The van der Waals surface area contributed by atoms with Gasteiger partial charge in [-0.25, -0.2) is 4.39 Å². The molecule has 5 nitrogen and oxygen atoms in total. The zero-order valence-corrected chi connectivity index (χ0v) is 16.5. The minimum absolute atomic E-state index is 0.107. The summed E-state index contributed by atoms with van der Waals surface area (Å²) in [5.74, 6) is 1.72. The summed E-state index contributed by atoms with van der Waals surface area (Å²) in [7, 11) is 1.62. The van der Waals surface area contributed by atoms with Crippen LogP contribution in [0, 0.1) is 17.7 Å². The normalized spacial score (nSPS) is 26.1. The van der Waals surface area contributed by atoms with Gasteiger partial charge in [-0.2, -0.15) is 0 Å². The average Bonchev–Trinajstić information content (AvgIpc) is 3.13. The maximum absolute atomic E-state index is 13.1. The van der Waals surface area contributed by atoms with Gasteiger partial charge in [0, 0.05) is 13.1 Å². The second kappa shape index (κ2) is 8.41. The van der Waals surface area contributed by atoms with E-state index in [1.807, 2.05) is 29.2 Å². The standard InChI is InChI=1S/C23H26FNO4/c1-28-19-6-2-15(3-7-19)10-23(27)25-13-16-11-21(26)22(12-17(16)14-25)29-20-8-4-18(24)5-9-20/h2-9,16-17,21-22,26H,10-14H2,1H3/t16-,17+,21+,22+/m0/s1. The molecule has 1 saturated heterocycles. The van der Waals surface area contributed by atoms with E-state index in [0.717, 1.165) is 11.3 Å². The quantitative estimate of drug-likeness (QED) is 0.840. The van der Waals surface area contributed by atoms with Crippen LogP contribution in [-0.4, -0.2) is 48.3 Å². The van der Waals surface area contributed by atoms with E-state index in [1.54, 1.807) is 19.2 Å². The Bertz CT molecular complexity index is 839. The number of rotatable bonds is 5. The van der Waals surface area contributed by atoms with E-state index >= 15 is 0 Å². The van der Waals surface area contributed by atoms with Gasteiger partial charge in [0.2, 0.25) is 5.91 Å². The van der Waals surface area contributed by atoms with Crippen LogP contribution in [-0.2, 0) is 11.2 Å². The van der Waals surface area contributed by atoms with Crippen molar-refractivity contribution in [1.29, 1.82) is 0 Å². The summed E-state index contributed by atoms with van der Waals surface area (Å²) in [4.78, 5) is 14.7. The van der Waals surface area contributed by atoms with Crippen LogP contribution in [0.15, 0.2) is 48.5 Å². The fourth-order valence-corrected chi connectivity index (χ4v) is 4.44. The third-order valence-electron chi connectivity index (χ3n) is 6.05. The number of ether oxygens (including phenoxy) is 2. The lowest BCUT2D eigenvalue weighted by Crippen LogP contribution is -2.42. The van der Waals surface area contributed by atoms with Gasteiger partial charge >= 0.3 is 0 Å². The molecule has 154 valence electrons. The van der Waals surface area contributed by atoms with Gasteiger partial charge < -0.3 is 19.5 Å². The van der Waals surface area contributed by atoms with Crippen LogP contribution in [0.3, 0.4) is 0 Å². The summed E-state index contributed by atoms with van der Waals surface area (Å²) in [5, 5.41) is 10.5. The molecule has 0 unspecified atom stereocenters. The smallest absolute Gasteiger partial charge is 0.227 e. The first kappa shape index (κ1) is 19.7. The van der Waals surface area contributed by atoms with E-state index in [1.165, 1.54) is 12.1 Å². The first-order valence-electron chi connectivity index (χ1n) is 10.0. The molecular formula is C23H26FNO4. The third-order valence-corrected chi connectivity index (χ3v) is 6.05. The minimum Gasteiger partial charge on any atom is -0.497 e. The van der Waals surface area contributed by atoms with Gasteiger partial charge in [0.25, 0.3) is 0 Å². The fraction of sp³-hybridized carbons (Fsp3) is 0.435. The molecule has 1 heterocycles. The average molecular weight is 399 g/mol. The van der Waals surface area contributed by atoms with E-state index in [2.05, 4.69) is 0 Å². The number of nitrogens with zero attached hydrogens (tertiary/aromatic N) is 1. The summed E-state index contributed by atoms with van der Waals surface area (Å²) in [6.45, 7) is 1.37. The molecule has 1 N–H and O–H groups in total. The predicted octanol–water partition coefficient (Wildman–Crippen LogP) is 3.05. The molecule has 4 atom stereocenters. The number of halogens is 1. The summed E-state index contributed by atoms with van der Waals surface area (Å²) in [6, 6.07) is 13.4. The Balaban J connectivity index is 1.35. The van der Waals surface area contributed by atoms with Gasteiger partial charge in [0.1, 0.15) is 23.4 Å². The van der Waals surface area contributed by atoms with Gasteiger partial charge in [0.15, 0.2) is 0 Å². The van der Waals surface area contributed by atoms with Crippen LogP contribution in [0.4, 0.5) is 4.39 Å². The van der Waals surface area contributed by atoms with Crippen molar-refractivity contribution in [3.8, 4) is 11.5 Å². The topological polar surface area (TPSA) is 59.0 Å². The fourth-order valence-electron chi connectivity index (χ4n) is 4.44. The molecule has 0 aromatic heterocycles. The van der Waals surface area contributed by atoms with Crippen molar-refractivity contribution in [3.05, 3.63) is 59.9 Å². The number of aliphatic hydroxyl groups excluding tert-OH is 1. The Morgan fingerprint density at radius 1 is 1.03 bits per heavy atom. The Hall–Kier alpha value is -2.60. The molecule has 1 saturated carbocycles. The molecule has 0 spiro atoms. The number of fused-ring (bicyclic) bond motifs is 1. The lowest BCUT2D eigenvalue weighted by atomic mass is 9.78. The number of methoxy groups -OCH3 is 1. The lowest BCUT2D eigenvalue weighted by Gasteiger charge is -2.35. The summed E-state index contributed by atoms with van der Waals surface area (Å²) < 4.78 is 24.2. The second-order valence-corrected chi connectivity index (χ2v) is 7.99. The summed E-state index contributed by atoms with van der Waals surface area (Å²) in [6.07, 6.45) is 0.746. The van der Waals surface area contributed by atoms with Crippen LogP contribution in [0.2, 0.25) is 0 Å². The van der Waals surface area contributed by atoms with Crippen molar-refractivity contribution in [2.45, 2.75) is 31.5 Å². The maximum Gasteiger partial charge on any atom is 0.227 e. The molecule has 0 bridgehead atoms. The number of aliphatic hydroxyl groups is 1. The highest BCUT2D eigenvalue weighted by atomic mass is 19.1. The monoisotopic (exact) mass is 399 g/mol. The number of hydrogen-bond acceptors (Lipinski definition) is 4. The third kappa shape index (κ3) is 4.53. The number of carbonyl (C=O) groups is 1. The molecule has 2 aliphatic rings. The van der Waals surface area contributed by atoms with Crippen molar-refractivity contribution >= 4 is 5.91 Å². The predicted molar refractivity (Wildman–Crippen MR) is 106 cm³/mol. The van der Waals surface area contributed by atoms with Gasteiger partial charge in [-0.3, -0.25) is 4.79 Å². The largest absolute Gasteiger partial charge is 0.497 e. The van der Waals surface area contributed by atoms with Crippen LogP contribution < -0.4 is 9.47 Å². The van der Waals surface area contributed by atoms with E-state index in [9.17, 15) is 14.3 Å². The highest BCUT2D eigenvalue weighted by Crippen LogP contribution is 2.38. The molecule has 2 aromatic rings. The van der Waals surface area contributed by atoms with E-state index in [4.69, 9.17) is 9.47 Å². The summed E-state index contributed by atoms with van der Waals surface area (Å²) >= 11 is 0.